The number of aromatic nitrogens is 2. The molecule has 0 fully saturated rings. The van der Waals surface area contributed by atoms with Crippen LogP contribution in [0.5, 0.6) is 0 Å². The third-order valence-electron chi connectivity index (χ3n) is 4.08. The number of fused-ring (bicyclic) bond motifs is 1. The molecule has 0 bridgehead atoms. The van der Waals surface area contributed by atoms with Gasteiger partial charge < -0.3 is 9.73 Å². The lowest BCUT2D eigenvalue weighted by molar-refractivity contribution is -0.113. The first-order valence-corrected chi connectivity index (χ1v) is 9.30. The van der Waals surface area contributed by atoms with Crippen molar-refractivity contribution in [3.63, 3.8) is 0 Å². The molecule has 0 aliphatic heterocycles. The van der Waals surface area contributed by atoms with Crippen LogP contribution in [-0.4, -0.2) is 21.6 Å². The Morgan fingerprint density at radius 2 is 1.96 bits per heavy atom. The van der Waals surface area contributed by atoms with Crippen molar-refractivity contribution in [3.8, 4) is 0 Å². The predicted molar refractivity (Wildman–Crippen MR) is 101 cm³/mol. The van der Waals surface area contributed by atoms with Gasteiger partial charge in [-0.2, -0.15) is 4.98 Å². The van der Waals surface area contributed by atoms with E-state index in [1.165, 1.54) is 17.3 Å². The van der Waals surface area contributed by atoms with E-state index in [1.54, 1.807) is 0 Å². The molecule has 3 rings (SSSR count). The minimum absolute atomic E-state index is 0.0901. The number of thioether (sulfide) groups is 1. The molecule has 0 unspecified atom stereocenters. The maximum Gasteiger partial charge on any atom is 0.258 e. The number of nitrogens with one attached hydrogen (secondary N) is 1. The van der Waals surface area contributed by atoms with Crippen LogP contribution in [0.15, 0.2) is 46.0 Å². The summed E-state index contributed by atoms with van der Waals surface area (Å²) in [5.41, 5.74) is 4.17. The van der Waals surface area contributed by atoms with E-state index in [2.05, 4.69) is 41.3 Å². The summed E-state index contributed by atoms with van der Waals surface area (Å²) in [6, 6.07) is 11.7. The van der Waals surface area contributed by atoms with Gasteiger partial charge in [-0.05, 0) is 49.1 Å². The molecule has 1 N–H and O–H groups in total. The minimum Gasteiger partial charge on any atom is -0.430 e. The fourth-order valence-electron chi connectivity index (χ4n) is 2.41. The molecular weight excluding hydrogens is 334 g/mol. The normalized spacial score (nSPS) is 12.3. The number of carbonyl (C=O) groups is 1. The molecule has 1 atom stereocenters. The van der Waals surface area contributed by atoms with Gasteiger partial charge in [0.25, 0.3) is 5.22 Å². The number of oxazole rings is 1. The van der Waals surface area contributed by atoms with Crippen LogP contribution in [-0.2, 0) is 4.79 Å². The van der Waals surface area contributed by atoms with Gasteiger partial charge in [0, 0.05) is 11.4 Å². The van der Waals surface area contributed by atoms with E-state index in [1.807, 2.05) is 31.2 Å². The average Bonchev–Trinajstić information content (AvgIpc) is 3.02. The smallest absolute Gasteiger partial charge is 0.258 e. The van der Waals surface area contributed by atoms with Crippen LogP contribution in [0.25, 0.3) is 11.2 Å². The molecule has 0 spiro atoms. The summed E-state index contributed by atoms with van der Waals surface area (Å²) in [4.78, 5) is 20.7. The van der Waals surface area contributed by atoms with Crippen LogP contribution < -0.4 is 5.32 Å². The van der Waals surface area contributed by atoms with E-state index < -0.39 is 0 Å². The van der Waals surface area contributed by atoms with Crippen molar-refractivity contribution in [2.45, 2.75) is 38.3 Å². The van der Waals surface area contributed by atoms with Crippen LogP contribution in [0.2, 0.25) is 0 Å². The van der Waals surface area contributed by atoms with Crippen LogP contribution in [0.4, 0.5) is 5.69 Å². The SMILES string of the molecule is CC[C@@H](C)c1ccc(NC(=O)CSc2nc3nc(C)ccc3o2)cc1. The topological polar surface area (TPSA) is 68.0 Å². The van der Waals surface area contributed by atoms with Crippen molar-refractivity contribution < 1.29 is 9.21 Å². The van der Waals surface area contributed by atoms with Crippen molar-refractivity contribution in [3.05, 3.63) is 47.7 Å². The number of rotatable bonds is 6. The van der Waals surface area contributed by atoms with Gasteiger partial charge in [0.05, 0.1) is 5.75 Å². The molecular formula is C19H21N3O2S. The lowest BCUT2D eigenvalue weighted by Crippen LogP contribution is -2.14. The van der Waals surface area contributed by atoms with Gasteiger partial charge in [0.1, 0.15) is 0 Å². The molecule has 2 aromatic heterocycles. The zero-order valence-electron chi connectivity index (χ0n) is 14.6. The van der Waals surface area contributed by atoms with Gasteiger partial charge in [-0.1, -0.05) is 37.7 Å². The van der Waals surface area contributed by atoms with Crippen LogP contribution >= 0.6 is 11.8 Å². The second-order valence-corrected chi connectivity index (χ2v) is 6.95. The Morgan fingerprint density at radius 3 is 2.68 bits per heavy atom. The third kappa shape index (κ3) is 4.39. The number of hydrogen-bond donors (Lipinski definition) is 1. The van der Waals surface area contributed by atoms with E-state index >= 15 is 0 Å². The first-order valence-electron chi connectivity index (χ1n) is 8.32. The van der Waals surface area contributed by atoms with Crippen molar-refractivity contribution in [2.75, 3.05) is 11.1 Å². The molecule has 0 aliphatic rings. The Morgan fingerprint density at radius 1 is 1.20 bits per heavy atom. The lowest BCUT2D eigenvalue weighted by atomic mass is 9.99. The van der Waals surface area contributed by atoms with Crippen molar-refractivity contribution >= 4 is 34.6 Å². The molecule has 3 aromatic rings. The van der Waals surface area contributed by atoms with E-state index in [9.17, 15) is 4.79 Å². The number of amides is 1. The fourth-order valence-corrected chi connectivity index (χ4v) is 3.04. The fraction of sp³-hybridized carbons (Fsp3) is 0.316. The molecule has 25 heavy (non-hydrogen) atoms. The summed E-state index contributed by atoms with van der Waals surface area (Å²) in [5.74, 6) is 0.670. The summed E-state index contributed by atoms with van der Waals surface area (Å²) in [5, 5.41) is 3.35. The summed E-state index contributed by atoms with van der Waals surface area (Å²) in [6.07, 6.45) is 1.10. The molecule has 0 saturated carbocycles. The molecule has 0 saturated heterocycles. The molecule has 2 heterocycles. The van der Waals surface area contributed by atoms with Gasteiger partial charge in [0.2, 0.25) is 5.91 Å². The number of aryl methyl sites for hydroxylation is 1. The number of benzene rings is 1. The maximum atomic E-state index is 12.1. The molecule has 1 amide bonds. The van der Waals surface area contributed by atoms with Gasteiger partial charge in [-0.15, -0.1) is 0 Å². The Kier molecular flexibility index (Phi) is 5.38. The summed E-state index contributed by atoms with van der Waals surface area (Å²) in [6.45, 7) is 6.27. The van der Waals surface area contributed by atoms with E-state index in [-0.39, 0.29) is 11.7 Å². The Bertz CT molecular complexity index is 874. The number of carbonyl (C=O) groups excluding carboxylic acids is 1. The summed E-state index contributed by atoms with van der Waals surface area (Å²) >= 11 is 1.26. The Hall–Kier alpha value is -2.34. The van der Waals surface area contributed by atoms with Crippen molar-refractivity contribution in [2.24, 2.45) is 0 Å². The highest BCUT2D eigenvalue weighted by molar-refractivity contribution is 7.99. The molecule has 0 radical (unpaired) electrons. The van der Waals surface area contributed by atoms with E-state index in [0.717, 1.165) is 17.8 Å². The monoisotopic (exact) mass is 355 g/mol. The van der Waals surface area contributed by atoms with Gasteiger partial charge >= 0.3 is 0 Å². The minimum atomic E-state index is -0.0901. The number of pyridine rings is 1. The number of anilines is 1. The Labute approximate surface area is 151 Å². The molecule has 6 heteroatoms. The second kappa shape index (κ2) is 7.70. The zero-order valence-corrected chi connectivity index (χ0v) is 15.4. The Balaban J connectivity index is 1.56. The highest BCUT2D eigenvalue weighted by Crippen LogP contribution is 2.23. The largest absolute Gasteiger partial charge is 0.430 e. The first-order chi connectivity index (χ1) is 12.0. The average molecular weight is 355 g/mol. The molecule has 1 aromatic carbocycles. The van der Waals surface area contributed by atoms with Gasteiger partial charge in [-0.3, -0.25) is 4.79 Å². The van der Waals surface area contributed by atoms with Crippen molar-refractivity contribution in [1.29, 1.82) is 0 Å². The first kappa shape index (κ1) is 17.5. The van der Waals surface area contributed by atoms with Crippen molar-refractivity contribution in [1.82, 2.24) is 9.97 Å². The van der Waals surface area contributed by atoms with Gasteiger partial charge in [0.15, 0.2) is 11.2 Å². The number of nitrogens with zero attached hydrogens (tertiary/aromatic N) is 2. The van der Waals surface area contributed by atoms with Crippen LogP contribution in [0.3, 0.4) is 0 Å². The number of hydrogen-bond acceptors (Lipinski definition) is 5. The summed E-state index contributed by atoms with van der Waals surface area (Å²) < 4.78 is 5.59. The quantitative estimate of drug-likeness (QED) is 0.645. The highest BCUT2D eigenvalue weighted by atomic mass is 32.2. The van der Waals surface area contributed by atoms with E-state index in [0.29, 0.717) is 22.4 Å². The van der Waals surface area contributed by atoms with E-state index in [4.69, 9.17) is 4.42 Å². The lowest BCUT2D eigenvalue weighted by Gasteiger charge is -2.10. The standard InChI is InChI=1S/C19H21N3O2S/c1-4-12(2)14-6-8-15(9-7-14)21-17(23)11-25-19-22-18-16(24-19)10-5-13(3)20-18/h5-10,12H,4,11H2,1-3H3,(H,21,23)/t12-/m1/s1. The van der Waals surface area contributed by atoms with Crippen LogP contribution in [0, 0.1) is 6.92 Å². The molecule has 130 valence electrons. The maximum absolute atomic E-state index is 12.1. The highest BCUT2D eigenvalue weighted by Gasteiger charge is 2.11. The van der Waals surface area contributed by atoms with Gasteiger partial charge in [-0.25, -0.2) is 4.98 Å². The molecule has 0 aliphatic carbocycles. The second-order valence-electron chi connectivity index (χ2n) is 6.02. The van der Waals surface area contributed by atoms with Crippen LogP contribution in [0.1, 0.15) is 37.4 Å². The zero-order chi connectivity index (χ0) is 17.8. The molecule has 5 nitrogen and oxygen atoms in total. The summed E-state index contributed by atoms with van der Waals surface area (Å²) in [7, 11) is 0. The predicted octanol–water partition coefficient (Wildman–Crippen LogP) is 4.78. The third-order valence-corrected chi connectivity index (χ3v) is 4.90.